The molecule has 7 heterocycles. The first-order chi connectivity index (χ1) is 53.9. The maximum absolute atomic E-state index is 14.6. The number of carbonyl (C=O) groups excluding carboxylic acids is 9. The molecule has 0 aromatic heterocycles. The van der Waals surface area contributed by atoms with Crippen LogP contribution in [0.3, 0.4) is 0 Å². The SMILES string of the molecule is CC(C)[C@H](NC(=O)/C=C\OOOOOOOCCOCCNC(=O)CCN1C(=O)C=CC1=O)C(=O)N[C@@H](CCCNC(N)=O)C(=O)Nc1ccc(C2=CN3C(=O)c4cc5c(cc4N=C[C@@H]3C2)OCCCOc2cc3c(cc2OCCCCCCCCO5)C(=O)N2C=C(c4ccc(N5CCN(C)CC5)cc4)C[C@H]2C=N3)cc1. The second kappa shape index (κ2) is 40.5. The number of benzene rings is 4. The number of hydrogen-bond acceptors (Lipinski definition) is 25. The second-order valence-corrected chi connectivity index (χ2v) is 27.4. The van der Waals surface area contributed by atoms with Crippen LogP contribution in [0.1, 0.15) is 123 Å². The first-order valence-electron chi connectivity index (χ1n) is 37.2. The van der Waals surface area contributed by atoms with E-state index < -0.39 is 59.6 Å². The van der Waals surface area contributed by atoms with Gasteiger partial charge in [-0.25, -0.2) is 9.68 Å². The Morgan fingerprint density at radius 3 is 1.75 bits per heavy atom. The molecule has 4 atom stereocenters. The summed E-state index contributed by atoms with van der Waals surface area (Å²) in [7, 11) is 2.15. The van der Waals surface area contributed by atoms with Crippen LogP contribution in [-0.4, -0.2) is 209 Å². The number of likely N-dealkylation sites (N-methyl/N-ethyl adjacent to an activating group) is 1. The number of piperazine rings is 1. The molecule has 7 aliphatic heterocycles. The van der Waals surface area contributed by atoms with Gasteiger partial charge in [0.1, 0.15) is 25.0 Å². The minimum Gasteiger partial charge on any atom is -0.490 e. The minimum absolute atomic E-state index is 0.00896. The first-order valence-corrected chi connectivity index (χ1v) is 37.2. The molecule has 0 radical (unpaired) electrons. The zero-order valence-electron chi connectivity index (χ0n) is 62.1. The fourth-order valence-corrected chi connectivity index (χ4v) is 13.1. The van der Waals surface area contributed by atoms with Gasteiger partial charge >= 0.3 is 6.03 Å². The van der Waals surface area contributed by atoms with Crippen molar-refractivity contribution in [3.8, 4) is 23.0 Å². The highest BCUT2D eigenvalue weighted by Crippen LogP contribution is 2.43. The summed E-state index contributed by atoms with van der Waals surface area (Å²) in [5.41, 5.74) is 12.4. The van der Waals surface area contributed by atoms with Gasteiger partial charge in [-0.1, -0.05) is 63.8 Å². The lowest BCUT2D eigenvalue weighted by Crippen LogP contribution is -2.54. The zero-order chi connectivity index (χ0) is 78.0. The first kappa shape index (κ1) is 80.9. The molecular formula is C77H93N13O21. The molecule has 592 valence electrons. The number of nitrogens with two attached hydrogens (primary N) is 1. The van der Waals surface area contributed by atoms with E-state index in [0.29, 0.717) is 83.7 Å². The number of hydrogen-bond donors (Lipinski definition) is 6. The van der Waals surface area contributed by atoms with Crippen LogP contribution in [-0.2, 0) is 68.5 Å². The lowest BCUT2D eigenvalue weighted by molar-refractivity contribution is -0.786. The molecule has 0 aliphatic carbocycles. The Hall–Kier alpha value is -11.1. The summed E-state index contributed by atoms with van der Waals surface area (Å²) in [5.74, 6) is -2.52. The van der Waals surface area contributed by atoms with Crippen molar-refractivity contribution >= 4 is 99.6 Å². The van der Waals surface area contributed by atoms with Crippen LogP contribution in [0.5, 0.6) is 23.0 Å². The number of nitrogens with zero attached hydrogens (tertiary/aromatic N) is 7. The molecule has 1 saturated heterocycles. The third-order valence-electron chi connectivity index (χ3n) is 19.1. The molecule has 4 aromatic rings. The van der Waals surface area contributed by atoms with E-state index in [0.717, 1.165) is 116 Å². The topological polar surface area (TPSA) is 391 Å². The van der Waals surface area contributed by atoms with E-state index in [2.05, 4.69) is 103 Å². The van der Waals surface area contributed by atoms with E-state index in [1.165, 1.54) is 5.69 Å². The fraction of sp³-hybridized carbons (Fsp3) is 0.442. The van der Waals surface area contributed by atoms with Gasteiger partial charge in [-0.05, 0) is 107 Å². The summed E-state index contributed by atoms with van der Waals surface area (Å²) in [6.45, 7) is 8.90. The molecule has 4 aromatic carbocycles. The highest BCUT2D eigenvalue weighted by atomic mass is 17.9. The van der Waals surface area contributed by atoms with Gasteiger partial charge in [-0.15, -0.1) is 0 Å². The summed E-state index contributed by atoms with van der Waals surface area (Å²) in [5, 5.41) is 33.9. The number of fused-ring (bicyclic) bond motifs is 6. The van der Waals surface area contributed by atoms with E-state index in [-0.39, 0.29) is 95.7 Å². The molecule has 0 unspecified atom stereocenters. The maximum atomic E-state index is 14.6. The standard InChI is InChI=1S/C77H93N13O21/c1-50(2)72(85-69(92)24-36-105-107-109-111-110-108-106-39-38-100-37-26-79-68(91)23-27-88-70(93)21-22-71(88)94)74(96)84-61(12-10-25-80-77(78)99)73(95)83-55-17-13-51(14-18-55)53-40-57-46-81-62-44-66-64(42-59(62)75(97)89(57)48-53)101-32-8-6-4-5-7-9-33-102-65-43-60-63(45-67(65)104-35-11-34-103-66)82-47-58-41-54(49-90(58)76(60)98)52-15-19-56(20-16-52)87-30-28-86(3)29-31-87/h13-22,24,36,42-50,57-58,61,72H,4-12,23,25-35,37-41H2,1-3H3,(H,79,91)(H,83,95)(H,84,96)(H,85,92)(H3,78,80,99)/b36-24-/t57-,58-,61-,72-/m0/s1. The second-order valence-electron chi connectivity index (χ2n) is 27.4. The normalized spacial score (nSPS) is 18.6. The zero-order valence-corrected chi connectivity index (χ0v) is 62.1. The van der Waals surface area contributed by atoms with Crippen molar-refractivity contribution < 1.29 is 102 Å². The predicted molar refractivity (Wildman–Crippen MR) is 401 cm³/mol. The maximum Gasteiger partial charge on any atom is 0.312 e. The van der Waals surface area contributed by atoms with Crippen molar-refractivity contribution in [3.05, 3.63) is 132 Å². The Morgan fingerprint density at radius 2 is 1.16 bits per heavy atom. The van der Waals surface area contributed by atoms with Crippen LogP contribution in [0.15, 0.2) is 120 Å². The number of primary amides is 1. The van der Waals surface area contributed by atoms with Gasteiger partial charge in [-0.2, -0.15) is 0 Å². The van der Waals surface area contributed by atoms with Gasteiger partial charge in [0.15, 0.2) is 23.0 Å². The summed E-state index contributed by atoms with van der Waals surface area (Å²) < 4.78 is 30.9. The number of rotatable bonds is 30. The molecule has 0 spiro atoms. The molecular weight excluding hydrogens is 1440 g/mol. The molecule has 0 bridgehead atoms. The lowest BCUT2D eigenvalue weighted by atomic mass is 10.0. The summed E-state index contributed by atoms with van der Waals surface area (Å²) >= 11 is 0. The summed E-state index contributed by atoms with van der Waals surface area (Å²) in [6, 6.07) is 18.9. The molecule has 7 aliphatic rings. The van der Waals surface area contributed by atoms with Crippen molar-refractivity contribution in [2.75, 3.05) is 109 Å². The van der Waals surface area contributed by atoms with Gasteiger partial charge in [0, 0.05) is 153 Å². The van der Waals surface area contributed by atoms with E-state index in [4.69, 9.17) is 39.4 Å². The van der Waals surface area contributed by atoms with Gasteiger partial charge in [-0.3, -0.25) is 53.2 Å². The fourth-order valence-electron chi connectivity index (χ4n) is 13.1. The number of imide groups is 1. The number of urea groups is 1. The summed E-state index contributed by atoms with van der Waals surface area (Å²) in [6.07, 6.45) is 18.4. The smallest absolute Gasteiger partial charge is 0.312 e. The number of carbonyl (C=O) groups is 9. The molecule has 10 amide bonds. The quantitative estimate of drug-likeness (QED) is 0.00770. The number of aliphatic imine (C=N–C) groups is 2. The van der Waals surface area contributed by atoms with Gasteiger partial charge in [0.05, 0.1) is 74.2 Å². The Labute approximate surface area is 640 Å². The van der Waals surface area contributed by atoms with E-state index in [9.17, 15) is 43.2 Å². The van der Waals surface area contributed by atoms with Crippen LogP contribution in [0.4, 0.5) is 27.5 Å². The van der Waals surface area contributed by atoms with Crippen molar-refractivity contribution in [2.24, 2.45) is 21.6 Å². The van der Waals surface area contributed by atoms with Crippen LogP contribution < -0.4 is 56.2 Å². The minimum atomic E-state index is -1.16. The average molecular weight is 1540 g/mol. The average Bonchev–Trinajstić information content (AvgIpc) is 1.60. The molecule has 111 heavy (non-hydrogen) atoms. The van der Waals surface area contributed by atoms with Crippen LogP contribution in [0, 0.1) is 5.92 Å². The summed E-state index contributed by atoms with van der Waals surface area (Å²) in [4.78, 5) is 144. The predicted octanol–water partition coefficient (Wildman–Crippen LogP) is 6.92. The Balaban J connectivity index is 0.635. The van der Waals surface area contributed by atoms with E-state index >= 15 is 0 Å². The molecule has 11 rings (SSSR count). The molecule has 0 saturated carbocycles. The van der Waals surface area contributed by atoms with Crippen LogP contribution in [0.2, 0.25) is 0 Å². The van der Waals surface area contributed by atoms with Gasteiger partial charge in [0.25, 0.3) is 23.6 Å². The van der Waals surface area contributed by atoms with Crippen LogP contribution in [0.25, 0.3) is 11.1 Å². The third kappa shape index (κ3) is 23.0. The van der Waals surface area contributed by atoms with Crippen molar-refractivity contribution in [3.63, 3.8) is 0 Å². The van der Waals surface area contributed by atoms with Crippen molar-refractivity contribution in [2.45, 2.75) is 115 Å². The Kier molecular flexibility index (Phi) is 29.5. The van der Waals surface area contributed by atoms with E-state index in [1.807, 2.05) is 12.4 Å². The Bertz CT molecular complexity index is 4140. The number of nitrogens with one attached hydrogen (secondary N) is 5. The lowest BCUT2D eigenvalue weighted by Gasteiger charge is -2.34. The van der Waals surface area contributed by atoms with E-state index in [1.54, 1.807) is 84.6 Å². The Morgan fingerprint density at radius 1 is 0.613 bits per heavy atom. The molecule has 1 fully saturated rings. The number of amides is 10. The molecule has 34 nitrogen and oxygen atoms in total. The highest BCUT2D eigenvalue weighted by Gasteiger charge is 2.37. The third-order valence-corrected chi connectivity index (χ3v) is 19.1. The van der Waals surface area contributed by atoms with Gasteiger partial charge < -0.3 is 80.5 Å². The molecule has 7 N–H and O–H groups in total. The van der Waals surface area contributed by atoms with Crippen molar-refractivity contribution in [1.82, 2.24) is 40.9 Å². The van der Waals surface area contributed by atoms with Crippen molar-refractivity contribution in [1.29, 1.82) is 0 Å². The molecule has 34 heteroatoms. The largest absolute Gasteiger partial charge is 0.490 e. The number of ether oxygens (including phenoxy) is 5. The van der Waals surface area contributed by atoms with Crippen LogP contribution >= 0.6 is 0 Å². The number of anilines is 2. The monoisotopic (exact) mass is 1540 g/mol. The van der Waals surface area contributed by atoms with Gasteiger partial charge in [0.2, 0.25) is 23.6 Å². The highest BCUT2D eigenvalue weighted by molar-refractivity contribution is 6.13.